The summed E-state index contributed by atoms with van der Waals surface area (Å²) in [6.07, 6.45) is 1.69. The van der Waals surface area contributed by atoms with E-state index < -0.39 is 28.5 Å². The lowest BCUT2D eigenvalue weighted by Gasteiger charge is -2.32. The van der Waals surface area contributed by atoms with E-state index >= 15 is 0 Å². The zero-order valence-corrected chi connectivity index (χ0v) is 24.1. The summed E-state index contributed by atoms with van der Waals surface area (Å²) in [4.78, 5) is 28.0. The molecule has 2 atom stereocenters. The van der Waals surface area contributed by atoms with E-state index in [9.17, 15) is 18.0 Å². The summed E-state index contributed by atoms with van der Waals surface area (Å²) < 4.78 is 37.2. The number of methoxy groups -OCH3 is 2. The average molecular weight is 575 g/mol. The second-order valence-corrected chi connectivity index (χ2v) is 11.3. The van der Waals surface area contributed by atoms with Gasteiger partial charge in [-0.15, -0.1) is 0 Å². The molecule has 0 fully saturated rings. The molecule has 2 amide bonds. The van der Waals surface area contributed by atoms with Gasteiger partial charge in [0.2, 0.25) is 21.8 Å². The molecule has 0 aliphatic heterocycles. The van der Waals surface area contributed by atoms with Crippen molar-refractivity contribution in [2.24, 2.45) is 0 Å². The molecule has 37 heavy (non-hydrogen) atoms. The lowest BCUT2D eigenvalue weighted by atomic mass is 10.1. The maximum absolute atomic E-state index is 13.7. The molecule has 0 bridgehead atoms. The van der Waals surface area contributed by atoms with Crippen LogP contribution in [0, 0.1) is 0 Å². The number of sulfonamides is 1. The van der Waals surface area contributed by atoms with E-state index in [1.54, 1.807) is 31.2 Å². The molecule has 2 aromatic carbocycles. The first kappa shape index (κ1) is 30.5. The highest BCUT2D eigenvalue weighted by Crippen LogP contribution is 2.34. The normalized spacial score (nSPS) is 12.9. The number of nitrogens with one attached hydrogen (secondary N) is 1. The van der Waals surface area contributed by atoms with E-state index in [-0.39, 0.29) is 29.9 Å². The lowest BCUT2D eigenvalue weighted by Crippen LogP contribution is -2.52. The Bertz CT molecular complexity index is 1220. The number of benzene rings is 2. The predicted molar refractivity (Wildman–Crippen MR) is 146 cm³/mol. The van der Waals surface area contributed by atoms with Gasteiger partial charge >= 0.3 is 0 Å². The van der Waals surface area contributed by atoms with Crippen molar-refractivity contribution in [1.82, 2.24) is 10.2 Å². The summed E-state index contributed by atoms with van der Waals surface area (Å²) in [6.45, 7) is 4.73. The number of carbonyl (C=O) groups is 2. The molecule has 12 heteroatoms. The van der Waals surface area contributed by atoms with E-state index in [4.69, 9.17) is 32.7 Å². The zero-order valence-electron chi connectivity index (χ0n) is 21.7. The van der Waals surface area contributed by atoms with Gasteiger partial charge in [0.1, 0.15) is 24.1 Å². The number of hydrogen-bond donors (Lipinski definition) is 1. The van der Waals surface area contributed by atoms with Crippen LogP contribution in [-0.4, -0.2) is 64.2 Å². The summed E-state index contributed by atoms with van der Waals surface area (Å²) in [5, 5.41) is 3.60. The first-order chi connectivity index (χ1) is 17.3. The van der Waals surface area contributed by atoms with Gasteiger partial charge in [-0.25, -0.2) is 8.42 Å². The van der Waals surface area contributed by atoms with Crippen molar-refractivity contribution in [3.63, 3.8) is 0 Å². The number of anilines is 1. The summed E-state index contributed by atoms with van der Waals surface area (Å²) in [7, 11) is -1.12. The Morgan fingerprint density at radius 1 is 1.05 bits per heavy atom. The number of amides is 2. The summed E-state index contributed by atoms with van der Waals surface area (Å²) >= 11 is 12.4. The highest BCUT2D eigenvalue weighted by atomic mass is 35.5. The average Bonchev–Trinajstić information content (AvgIpc) is 2.85. The van der Waals surface area contributed by atoms with Gasteiger partial charge in [-0.1, -0.05) is 36.2 Å². The highest BCUT2D eigenvalue weighted by Gasteiger charge is 2.32. The van der Waals surface area contributed by atoms with E-state index in [1.165, 1.54) is 31.3 Å². The van der Waals surface area contributed by atoms with E-state index in [1.807, 2.05) is 13.8 Å². The quantitative estimate of drug-likeness (QED) is 0.409. The van der Waals surface area contributed by atoms with Crippen molar-refractivity contribution in [1.29, 1.82) is 0 Å². The maximum Gasteiger partial charge on any atom is 0.244 e. The topological polar surface area (TPSA) is 105 Å². The molecule has 0 heterocycles. The zero-order chi connectivity index (χ0) is 27.9. The fourth-order valence-electron chi connectivity index (χ4n) is 3.47. The first-order valence-corrected chi connectivity index (χ1v) is 14.2. The standard InChI is InChI=1S/C25H33Cl2N3O6S/c1-7-16(2)28-25(32)17(3)29(14-18-8-9-19(26)12-21(18)27)24(31)15-30(37(6,33)34)22-13-20(35-4)10-11-23(22)36-5/h8-13,16-17H,7,14-15H2,1-6H3,(H,28,32)/t16-,17-/m0/s1. The molecule has 0 aliphatic carbocycles. The molecule has 0 saturated heterocycles. The summed E-state index contributed by atoms with van der Waals surface area (Å²) in [5.74, 6) is -0.386. The van der Waals surface area contributed by atoms with Crippen molar-refractivity contribution < 1.29 is 27.5 Å². The Balaban J connectivity index is 2.51. The van der Waals surface area contributed by atoms with E-state index in [2.05, 4.69) is 5.32 Å². The number of rotatable bonds is 12. The SMILES string of the molecule is CC[C@H](C)NC(=O)[C@H](C)N(Cc1ccc(Cl)cc1Cl)C(=O)CN(c1cc(OC)ccc1OC)S(C)(=O)=O. The molecule has 204 valence electrons. The molecule has 0 radical (unpaired) electrons. The lowest BCUT2D eigenvalue weighted by molar-refractivity contribution is -0.139. The molecule has 0 aliphatic rings. The summed E-state index contributed by atoms with van der Waals surface area (Å²) in [6, 6.07) is 8.40. The summed E-state index contributed by atoms with van der Waals surface area (Å²) in [5.41, 5.74) is 0.673. The largest absolute Gasteiger partial charge is 0.497 e. The van der Waals surface area contributed by atoms with E-state index in [0.717, 1.165) is 10.6 Å². The molecule has 0 aromatic heterocycles. The first-order valence-electron chi connectivity index (χ1n) is 11.6. The number of carbonyl (C=O) groups excluding carboxylic acids is 2. The van der Waals surface area contributed by atoms with Crippen LogP contribution in [0.1, 0.15) is 32.8 Å². The second kappa shape index (κ2) is 13.2. The van der Waals surface area contributed by atoms with Crippen molar-refractivity contribution >= 4 is 50.7 Å². The van der Waals surface area contributed by atoms with Crippen molar-refractivity contribution in [2.75, 3.05) is 31.3 Å². The van der Waals surface area contributed by atoms with Gasteiger partial charge in [0.25, 0.3) is 0 Å². The predicted octanol–water partition coefficient (Wildman–Crippen LogP) is 4.11. The van der Waals surface area contributed by atoms with Crippen LogP contribution in [0.3, 0.4) is 0 Å². The molecular formula is C25H33Cl2N3O6S. The number of ether oxygens (including phenoxy) is 2. The van der Waals surface area contributed by atoms with Crippen LogP contribution in [0.5, 0.6) is 11.5 Å². The fraction of sp³-hybridized carbons (Fsp3) is 0.440. The number of nitrogens with zero attached hydrogens (tertiary/aromatic N) is 2. The maximum atomic E-state index is 13.7. The van der Waals surface area contributed by atoms with Gasteiger partial charge in [-0.05, 0) is 50.1 Å². The van der Waals surface area contributed by atoms with Crippen molar-refractivity contribution in [3.8, 4) is 11.5 Å². The van der Waals surface area contributed by atoms with Gasteiger partial charge in [0.05, 0.1) is 26.2 Å². The minimum absolute atomic E-state index is 0.0449. The molecule has 0 saturated carbocycles. The van der Waals surface area contributed by atoms with Crippen LogP contribution >= 0.6 is 23.2 Å². The van der Waals surface area contributed by atoms with Gasteiger partial charge < -0.3 is 19.7 Å². The molecule has 1 N–H and O–H groups in total. The molecule has 0 unspecified atom stereocenters. The monoisotopic (exact) mass is 573 g/mol. The Kier molecular flexibility index (Phi) is 10.9. The van der Waals surface area contributed by atoms with Crippen LogP contribution in [0.15, 0.2) is 36.4 Å². The van der Waals surface area contributed by atoms with Crippen LogP contribution in [0.25, 0.3) is 0 Å². The minimum Gasteiger partial charge on any atom is -0.497 e. The third-order valence-electron chi connectivity index (χ3n) is 5.86. The second-order valence-electron chi connectivity index (χ2n) is 8.56. The van der Waals surface area contributed by atoms with Gasteiger partial charge in [-0.2, -0.15) is 0 Å². The Morgan fingerprint density at radius 3 is 2.27 bits per heavy atom. The van der Waals surface area contributed by atoms with Gasteiger partial charge in [-0.3, -0.25) is 13.9 Å². The Labute approximate surface area is 228 Å². The highest BCUT2D eigenvalue weighted by molar-refractivity contribution is 7.92. The molecule has 2 rings (SSSR count). The van der Waals surface area contributed by atoms with Crippen LogP contribution in [0.2, 0.25) is 10.0 Å². The van der Waals surface area contributed by atoms with Crippen LogP contribution in [0.4, 0.5) is 5.69 Å². The fourth-order valence-corrected chi connectivity index (χ4v) is 4.78. The molecule has 0 spiro atoms. The number of hydrogen-bond acceptors (Lipinski definition) is 6. The Hall–Kier alpha value is -2.69. The third-order valence-corrected chi connectivity index (χ3v) is 7.57. The molecule has 9 nitrogen and oxygen atoms in total. The minimum atomic E-state index is -3.95. The molecule has 2 aromatic rings. The molecular weight excluding hydrogens is 541 g/mol. The smallest absolute Gasteiger partial charge is 0.244 e. The van der Waals surface area contributed by atoms with Gasteiger partial charge in [0.15, 0.2) is 0 Å². The van der Waals surface area contributed by atoms with Crippen LogP contribution in [-0.2, 0) is 26.2 Å². The van der Waals surface area contributed by atoms with Crippen LogP contribution < -0.4 is 19.1 Å². The van der Waals surface area contributed by atoms with Crippen molar-refractivity contribution in [3.05, 3.63) is 52.0 Å². The Morgan fingerprint density at radius 2 is 1.73 bits per heavy atom. The van der Waals surface area contributed by atoms with E-state index in [0.29, 0.717) is 27.8 Å². The third kappa shape index (κ3) is 8.15. The number of halogens is 2. The van der Waals surface area contributed by atoms with Crippen molar-refractivity contribution in [2.45, 2.75) is 45.8 Å². The van der Waals surface area contributed by atoms with Gasteiger partial charge in [0, 0.05) is 28.7 Å².